The van der Waals surface area contributed by atoms with Crippen LogP contribution in [0, 0.1) is 6.92 Å². The van der Waals surface area contributed by atoms with Crippen molar-refractivity contribution in [3.8, 4) is 5.69 Å². The van der Waals surface area contributed by atoms with Gasteiger partial charge < -0.3 is 19.9 Å². The topological polar surface area (TPSA) is 108 Å². The van der Waals surface area contributed by atoms with Crippen LogP contribution in [0.5, 0.6) is 0 Å². The first-order valence-electron chi connectivity index (χ1n) is 17.1. The molecule has 4 aromatic rings. The minimum absolute atomic E-state index is 0.0323. The number of aromatic nitrogens is 2. The van der Waals surface area contributed by atoms with Gasteiger partial charge in [0.05, 0.1) is 23.9 Å². The summed E-state index contributed by atoms with van der Waals surface area (Å²) in [4.78, 5) is 47.2. The summed E-state index contributed by atoms with van der Waals surface area (Å²) in [6.45, 7) is 9.31. The molecule has 10 heteroatoms. The van der Waals surface area contributed by atoms with Crippen molar-refractivity contribution in [2.45, 2.75) is 72.4 Å². The van der Waals surface area contributed by atoms with Crippen LogP contribution in [0.1, 0.15) is 94.5 Å². The highest BCUT2D eigenvalue weighted by molar-refractivity contribution is 6.56. The van der Waals surface area contributed by atoms with E-state index in [2.05, 4.69) is 24.9 Å². The molecule has 1 aromatic heterocycles. The Morgan fingerprint density at radius 1 is 0.958 bits per heavy atom. The number of anilines is 1. The molecule has 1 unspecified atom stereocenters. The van der Waals surface area contributed by atoms with Gasteiger partial charge in [0.1, 0.15) is 0 Å². The first-order valence-corrected chi connectivity index (χ1v) is 18.5. The summed E-state index contributed by atoms with van der Waals surface area (Å²) in [6, 6.07) is 22.8. The third kappa shape index (κ3) is 7.94. The number of Topliss-reactive ketones (excluding diaryl/α,β-unsaturated/α-hetero) is 1. The predicted molar refractivity (Wildman–Crippen MR) is 193 cm³/mol. The number of unbranched alkanes of at least 4 members (excludes halogenated alkanes) is 2. The van der Waals surface area contributed by atoms with Crippen LogP contribution in [0.15, 0.2) is 72.8 Å². The second-order valence-corrected chi connectivity index (χ2v) is 14.2. The average Bonchev–Trinajstić information content (AvgIpc) is 3.50. The molecular weight excluding hydrogens is 619 g/mol. The number of nitrogens with zero attached hydrogens (tertiary/aromatic N) is 4. The van der Waals surface area contributed by atoms with Gasteiger partial charge in [-0.1, -0.05) is 75.2 Å². The zero-order valence-electron chi connectivity index (χ0n) is 28.5. The van der Waals surface area contributed by atoms with Crippen molar-refractivity contribution in [3.05, 3.63) is 106 Å². The zero-order chi connectivity index (χ0) is 34.2. The fourth-order valence-corrected chi connectivity index (χ4v) is 7.30. The van der Waals surface area contributed by atoms with Crippen molar-refractivity contribution >= 4 is 38.2 Å². The SMILES string of the molecule is CCCCN(CCCC)C(=O)c1cc(C)n(-c2ccc(N[SiH2]c3ccc(C(C)=O)cc3)cc2C(=O)N2Cc3ccccc3CC2CO)n1. The third-order valence-corrected chi connectivity index (χ3v) is 10.6. The Hall–Kier alpha value is -4.54. The van der Waals surface area contributed by atoms with Gasteiger partial charge in [0.2, 0.25) is 0 Å². The van der Waals surface area contributed by atoms with Gasteiger partial charge in [-0.15, -0.1) is 0 Å². The molecule has 0 bridgehead atoms. The van der Waals surface area contributed by atoms with Gasteiger partial charge in [-0.05, 0) is 73.7 Å². The molecule has 2 amide bonds. The second kappa shape index (κ2) is 16.0. The molecule has 3 aromatic carbocycles. The highest BCUT2D eigenvalue weighted by Gasteiger charge is 2.32. The number of ketones is 1. The molecule has 252 valence electrons. The molecule has 0 aliphatic carbocycles. The zero-order valence-corrected chi connectivity index (χ0v) is 30.0. The standard InChI is InChI=1S/C38H47N5O4Si/c1-5-7-19-41(20-8-6-2)38(47)35-21-26(3)43(39-35)36-18-15-31(40-48-33-16-13-28(14-17-33)27(4)45)23-34(36)37(46)42-24-30-12-10-9-11-29(30)22-32(42)25-44/h9-18,21,23,32,40,44H,5-8,19-20,22,24-25,48H2,1-4H3. The Morgan fingerprint density at radius 3 is 2.29 bits per heavy atom. The van der Waals surface area contributed by atoms with Crippen molar-refractivity contribution < 1.29 is 19.5 Å². The molecule has 1 aliphatic heterocycles. The Balaban J connectivity index is 1.50. The molecule has 0 saturated heterocycles. The summed E-state index contributed by atoms with van der Waals surface area (Å²) >= 11 is 0. The monoisotopic (exact) mass is 665 g/mol. The van der Waals surface area contributed by atoms with Crippen LogP contribution in [0.25, 0.3) is 5.69 Å². The van der Waals surface area contributed by atoms with Crippen LogP contribution in [0.2, 0.25) is 0 Å². The van der Waals surface area contributed by atoms with E-state index in [-0.39, 0.29) is 30.2 Å². The van der Waals surface area contributed by atoms with E-state index < -0.39 is 9.68 Å². The molecule has 48 heavy (non-hydrogen) atoms. The van der Waals surface area contributed by atoms with Crippen molar-refractivity contribution in [1.29, 1.82) is 0 Å². The van der Waals surface area contributed by atoms with Crippen molar-refractivity contribution in [1.82, 2.24) is 19.6 Å². The first kappa shape index (κ1) is 34.8. The van der Waals surface area contributed by atoms with Gasteiger partial charge in [0.15, 0.2) is 21.2 Å². The summed E-state index contributed by atoms with van der Waals surface area (Å²) in [5, 5.41) is 16.3. The fraction of sp³-hybridized carbons (Fsp3) is 0.368. The molecule has 0 spiro atoms. The Kier molecular flexibility index (Phi) is 11.6. The van der Waals surface area contributed by atoms with Gasteiger partial charge in [-0.2, -0.15) is 5.10 Å². The van der Waals surface area contributed by atoms with E-state index >= 15 is 0 Å². The number of amides is 2. The van der Waals surface area contributed by atoms with Crippen LogP contribution >= 0.6 is 0 Å². The fourth-order valence-electron chi connectivity index (χ4n) is 6.20. The molecule has 1 atom stereocenters. The van der Waals surface area contributed by atoms with Crippen LogP contribution < -0.4 is 10.2 Å². The Bertz CT molecular complexity index is 1740. The number of fused-ring (bicyclic) bond motifs is 1. The van der Waals surface area contributed by atoms with E-state index in [1.165, 1.54) is 0 Å². The number of hydrogen-bond acceptors (Lipinski definition) is 6. The van der Waals surface area contributed by atoms with E-state index in [0.29, 0.717) is 48.6 Å². The molecule has 5 rings (SSSR count). The molecule has 1 aliphatic rings. The molecule has 2 N–H and O–H groups in total. The van der Waals surface area contributed by atoms with Gasteiger partial charge in [0.25, 0.3) is 11.8 Å². The van der Waals surface area contributed by atoms with Crippen molar-refractivity contribution in [2.75, 3.05) is 24.7 Å². The number of aliphatic hydroxyl groups is 1. The van der Waals surface area contributed by atoms with Gasteiger partial charge >= 0.3 is 0 Å². The molecule has 0 saturated carbocycles. The number of carbonyl (C=O) groups excluding carboxylic acids is 3. The van der Waals surface area contributed by atoms with Crippen LogP contribution in [-0.2, 0) is 13.0 Å². The normalized spacial score (nSPS) is 14.3. The van der Waals surface area contributed by atoms with E-state index in [0.717, 1.165) is 53.4 Å². The number of aliphatic hydroxyl groups excluding tert-OH is 1. The summed E-state index contributed by atoms with van der Waals surface area (Å²) < 4.78 is 1.70. The maximum atomic E-state index is 14.5. The molecule has 2 heterocycles. The number of rotatable bonds is 14. The maximum absolute atomic E-state index is 14.5. The van der Waals surface area contributed by atoms with E-state index in [9.17, 15) is 19.5 Å². The van der Waals surface area contributed by atoms with Crippen LogP contribution in [0.3, 0.4) is 0 Å². The number of benzene rings is 3. The summed E-state index contributed by atoms with van der Waals surface area (Å²) in [5.74, 6) is -0.269. The van der Waals surface area contributed by atoms with E-state index in [1.807, 2.05) is 72.5 Å². The Morgan fingerprint density at radius 2 is 1.65 bits per heavy atom. The van der Waals surface area contributed by atoms with E-state index in [1.54, 1.807) is 22.6 Å². The van der Waals surface area contributed by atoms with Crippen LogP contribution in [0.4, 0.5) is 5.69 Å². The molecule has 0 fully saturated rings. The van der Waals surface area contributed by atoms with Gasteiger partial charge in [-0.25, -0.2) is 4.68 Å². The Labute approximate surface area is 285 Å². The summed E-state index contributed by atoms with van der Waals surface area (Å²) in [6.07, 6.45) is 4.42. The maximum Gasteiger partial charge on any atom is 0.274 e. The summed E-state index contributed by atoms with van der Waals surface area (Å²) in [5.41, 5.74) is 5.82. The minimum atomic E-state index is -0.980. The quantitative estimate of drug-likeness (QED) is 0.148. The first-order chi connectivity index (χ1) is 23.2. The highest BCUT2D eigenvalue weighted by atomic mass is 28.2. The van der Waals surface area contributed by atoms with Gasteiger partial charge in [-0.3, -0.25) is 14.4 Å². The smallest absolute Gasteiger partial charge is 0.274 e. The van der Waals surface area contributed by atoms with Crippen molar-refractivity contribution in [2.24, 2.45) is 0 Å². The lowest BCUT2D eigenvalue weighted by Gasteiger charge is -2.36. The largest absolute Gasteiger partial charge is 0.412 e. The number of hydrogen-bond donors (Lipinski definition) is 2. The third-order valence-electron chi connectivity index (χ3n) is 9.10. The number of aryl methyl sites for hydroxylation is 1. The van der Waals surface area contributed by atoms with E-state index in [4.69, 9.17) is 5.10 Å². The van der Waals surface area contributed by atoms with Crippen LogP contribution in [-0.4, -0.2) is 77.7 Å². The lowest BCUT2D eigenvalue weighted by Crippen LogP contribution is -2.46. The lowest BCUT2D eigenvalue weighted by molar-refractivity contribution is 0.0544. The average molecular weight is 666 g/mol. The summed E-state index contributed by atoms with van der Waals surface area (Å²) in [7, 11) is -0.980. The lowest BCUT2D eigenvalue weighted by atomic mass is 9.93. The predicted octanol–water partition coefficient (Wildman–Crippen LogP) is 4.81. The minimum Gasteiger partial charge on any atom is -0.412 e. The molecule has 9 nitrogen and oxygen atoms in total. The second-order valence-electron chi connectivity index (χ2n) is 12.7. The highest BCUT2D eigenvalue weighted by Crippen LogP contribution is 2.29. The molecular formula is C38H47N5O4Si. The van der Waals surface area contributed by atoms with Gasteiger partial charge in [0, 0.05) is 36.6 Å². The van der Waals surface area contributed by atoms with Crippen molar-refractivity contribution in [3.63, 3.8) is 0 Å². The molecule has 0 radical (unpaired) electrons. The number of nitrogens with one attached hydrogen (secondary N) is 1. The number of carbonyl (C=O) groups is 3.